The number of nitrogens with one attached hydrogen (secondary N) is 2. The van der Waals surface area contributed by atoms with Crippen molar-refractivity contribution in [2.45, 2.75) is 30.9 Å². The third-order valence-electron chi connectivity index (χ3n) is 4.03. The first-order valence-corrected chi connectivity index (χ1v) is 7.94. The van der Waals surface area contributed by atoms with E-state index in [9.17, 15) is 4.79 Å². The molecule has 1 amide bonds. The number of thioether (sulfide) groups is 1. The van der Waals surface area contributed by atoms with E-state index >= 15 is 0 Å². The molecule has 0 spiro atoms. The van der Waals surface area contributed by atoms with E-state index in [0.717, 1.165) is 23.4 Å². The van der Waals surface area contributed by atoms with Crippen LogP contribution < -0.4 is 10.6 Å². The fourth-order valence-electron chi connectivity index (χ4n) is 2.43. The van der Waals surface area contributed by atoms with Crippen molar-refractivity contribution in [3.8, 4) is 0 Å². The van der Waals surface area contributed by atoms with Crippen molar-refractivity contribution in [2.24, 2.45) is 0 Å². The molecule has 0 radical (unpaired) electrons. The lowest BCUT2D eigenvalue weighted by Gasteiger charge is -2.40. The normalized spacial score (nSPS) is 16.6. The van der Waals surface area contributed by atoms with Gasteiger partial charge in [-0.25, -0.2) is 0 Å². The number of aryl methyl sites for hydroxylation is 1. The molecule has 0 heterocycles. The minimum Gasteiger partial charge on any atom is -0.388 e. The zero-order valence-corrected chi connectivity index (χ0v) is 12.7. The highest BCUT2D eigenvalue weighted by atomic mass is 32.2. The standard InChI is InChI=1S/C15H22N2OS/c1-11-9-12(16-2)5-6-13(11)14(18)17-10-15(19-3)7-4-8-15/h5-6,9,16H,4,7-8,10H2,1-3H3,(H,17,18). The number of hydrogen-bond donors (Lipinski definition) is 2. The van der Waals surface area contributed by atoms with Gasteiger partial charge in [0.1, 0.15) is 0 Å². The summed E-state index contributed by atoms with van der Waals surface area (Å²) in [5.41, 5.74) is 2.82. The van der Waals surface area contributed by atoms with E-state index in [1.165, 1.54) is 19.3 Å². The van der Waals surface area contributed by atoms with Gasteiger partial charge in [0, 0.05) is 29.6 Å². The highest BCUT2D eigenvalue weighted by Gasteiger charge is 2.36. The minimum absolute atomic E-state index is 0.0421. The number of rotatable bonds is 5. The molecule has 3 nitrogen and oxygen atoms in total. The van der Waals surface area contributed by atoms with Gasteiger partial charge < -0.3 is 10.6 Å². The van der Waals surface area contributed by atoms with Crippen LogP contribution in [0.25, 0.3) is 0 Å². The molecule has 1 saturated carbocycles. The Morgan fingerprint density at radius 2 is 2.16 bits per heavy atom. The lowest BCUT2D eigenvalue weighted by atomic mass is 9.84. The van der Waals surface area contributed by atoms with Crippen molar-refractivity contribution in [2.75, 3.05) is 25.2 Å². The van der Waals surface area contributed by atoms with Crippen LogP contribution in [-0.2, 0) is 0 Å². The maximum absolute atomic E-state index is 12.2. The minimum atomic E-state index is 0.0421. The predicted octanol–water partition coefficient (Wildman–Crippen LogP) is 3.05. The topological polar surface area (TPSA) is 41.1 Å². The van der Waals surface area contributed by atoms with E-state index in [2.05, 4.69) is 16.9 Å². The molecule has 0 unspecified atom stereocenters. The number of carbonyl (C=O) groups excluding carboxylic acids is 1. The van der Waals surface area contributed by atoms with Crippen molar-refractivity contribution in [3.05, 3.63) is 29.3 Å². The van der Waals surface area contributed by atoms with Crippen LogP contribution in [0.1, 0.15) is 35.2 Å². The summed E-state index contributed by atoms with van der Waals surface area (Å²) in [5.74, 6) is 0.0421. The van der Waals surface area contributed by atoms with Gasteiger partial charge in [-0.1, -0.05) is 6.42 Å². The highest BCUT2D eigenvalue weighted by Crippen LogP contribution is 2.42. The van der Waals surface area contributed by atoms with Gasteiger partial charge in [0.15, 0.2) is 0 Å². The van der Waals surface area contributed by atoms with Gasteiger partial charge in [-0.05, 0) is 49.8 Å². The molecule has 0 saturated heterocycles. The second-order valence-electron chi connectivity index (χ2n) is 5.20. The Morgan fingerprint density at radius 1 is 1.42 bits per heavy atom. The Kier molecular flexibility index (Phi) is 4.40. The average Bonchev–Trinajstić information content (AvgIpc) is 2.37. The van der Waals surface area contributed by atoms with Crippen molar-refractivity contribution < 1.29 is 4.79 Å². The van der Waals surface area contributed by atoms with Gasteiger partial charge in [0.2, 0.25) is 0 Å². The summed E-state index contributed by atoms with van der Waals surface area (Å²) in [6.07, 6.45) is 5.85. The Hall–Kier alpha value is -1.16. The molecule has 0 aliphatic heterocycles. The van der Waals surface area contributed by atoms with Gasteiger partial charge >= 0.3 is 0 Å². The van der Waals surface area contributed by atoms with Crippen LogP contribution in [-0.4, -0.2) is 30.5 Å². The van der Waals surface area contributed by atoms with Gasteiger partial charge in [0.05, 0.1) is 0 Å². The maximum atomic E-state index is 12.2. The Morgan fingerprint density at radius 3 is 2.63 bits per heavy atom. The number of anilines is 1. The number of benzene rings is 1. The van der Waals surface area contributed by atoms with Crippen LogP contribution in [0.2, 0.25) is 0 Å². The number of amides is 1. The van der Waals surface area contributed by atoms with E-state index in [4.69, 9.17) is 0 Å². The molecular weight excluding hydrogens is 256 g/mol. The summed E-state index contributed by atoms with van der Waals surface area (Å²) >= 11 is 1.88. The molecule has 2 N–H and O–H groups in total. The van der Waals surface area contributed by atoms with Crippen molar-refractivity contribution in [1.29, 1.82) is 0 Å². The van der Waals surface area contributed by atoms with E-state index in [1.54, 1.807) is 0 Å². The second kappa shape index (κ2) is 5.87. The largest absolute Gasteiger partial charge is 0.388 e. The van der Waals surface area contributed by atoms with Crippen molar-refractivity contribution in [1.82, 2.24) is 5.32 Å². The fourth-order valence-corrected chi connectivity index (χ4v) is 3.35. The monoisotopic (exact) mass is 278 g/mol. The first-order chi connectivity index (χ1) is 9.10. The number of hydrogen-bond acceptors (Lipinski definition) is 3. The van der Waals surface area contributed by atoms with Crippen LogP contribution in [0.3, 0.4) is 0 Å². The van der Waals surface area contributed by atoms with Crippen LogP contribution in [0.4, 0.5) is 5.69 Å². The molecule has 0 atom stereocenters. The fraction of sp³-hybridized carbons (Fsp3) is 0.533. The second-order valence-corrected chi connectivity index (χ2v) is 6.48. The van der Waals surface area contributed by atoms with Gasteiger partial charge in [-0.3, -0.25) is 4.79 Å². The van der Waals surface area contributed by atoms with Gasteiger partial charge in [0.25, 0.3) is 5.91 Å². The van der Waals surface area contributed by atoms with E-state index in [1.807, 2.05) is 43.9 Å². The van der Waals surface area contributed by atoms with E-state index in [0.29, 0.717) is 0 Å². The molecule has 0 aromatic heterocycles. The third kappa shape index (κ3) is 3.06. The van der Waals surface area contributed by atoms with E-state index < -0.39 is 0 Å². The smallest absolute Gasteiger partial charge is 0.251 e. The predicted molar refractivity (Wildman–Crippen MR) is 83.2 cm³/mol. The first-order valence-electron chi connectivity index (χ1n) is 6.72. The highest BCUT2D eigenvalue weighted by molar-refractivity contribution is 8.00. The summed E-state index contributed by atoms with van der Waals surface area (Å²) in [6.45, 7) is 2.75. The van der Waals surface area contributed by atoms with Crippen LogP contribution in [0.15, 0.2) is 18.2 Å². The molecule has 104 valence electrons. The van der Waals surface area contributed by atoms with Crippen LogP contribution in [0.5, 0.6) is 0 Å². The summed E-state index contributed by atoms with van der Waals surface area (Å²) < 4.78 is 0.286. The molecule has 1 aliphatic rings. The number of carbonyl (C=O) groups is 1. The molecule has 1 aromatic rings. The molecule has 1 aromatic carbocycles. The molecular formula is C15H22N2OS. The summed E-state index contributed by atoms with van der Waals surface area (Å²) in [5, 5.41) is 6.17. The Labute approximate surface area is 119 Å². The lowest BCUT2D eigenvalue weighted by molar-refractivity contribution is 0.0943. The SMILES string of the molecule is CNc1ccc(C(=O)NCC2(SC)CCC2)c(C)c1. The first kappa shape index (κ1) is 14.3. The summed E-state index contributed by atoms with van der Waals surface area (Å²) in [4.78, 5) is 12.2. The Balaban J connectivity index is 2.00. The van der Waals surface area contributed by atoms with Crippen LogP contribution >= 0.6 is 11.8 Å². The Bertz CT molecular complexity index is 464. The summed E-state index contributed by atoms with van der Waals surface area (Å²) in [6, 6.07) is 5.83. The quantitative estimate of drug-likeness (QED) is 0.870. The molecule has 2 rings (SSSR count). The molecule has 1 fully saturated rings. The van der Waals surface area contributed by atoms with Gasteiger partial charge in [-0.2, -0.15) is 11.8 Å². The van der Waals surface area contributed by atoms with Crippen molar-refractivity contribution >= 4 is 23.4 Å². The lowest BCUT2D eigenvalue weighted by Crippen LogP contribution is -2.45. The zero-order valence-electron chi connectivity index (χ0n) is 11.9. The summed E-state index contributed by atoms with van der Waals surface area (Å²) in [7, 11) is 1.88. The van der Waals surface area contributed by atoms with E-state index in [-0.39, 0.29) is 10.7 Å². The van der Waals surface area contributed by atoms with Crippen molar-refractivity contribution in [3.63, 3.8) is 0 Å². The molecule has 19 heavy (non-hydrogen) atoms. The zero-order chi connectivity index (χ0) is 13.9. The van der Waals surface area contributed by atoms with Gasteiger partial charge in [-0.15, -0.1) is 0 Å². The average molecular weight is 278 g/mol. The molecule has 0 bridgehead atoms. The maximum Gasteiger partial charge on any atom is 0.251 e. The molecule has 1 aliphatic carbocycles. The van der Waals surface area contributed by atoms with Crippen LogP contribution in [0, 0.1) is 6.92 Å². The molecule has 4 heteroatoms. The third-order valence-corrected chi connectivity index (χ3v) is 5.45.